The summed E-state index contributed by atoms with van der Waals surface area (Å²) in [5, 5.41) is 3.12. The number of nitrogens with zero attached hydrogens (tertiary/aromatic N) is 2. The summed E-state index contributed by atoms with van der Waals surface area (Å²) in [6, 6.07) is 5.37. The third kappa shape index (κ3) is 2.37. The lowest BCUT2D eigenvalue weighted by Crippen LogP contribution is -2.15. The highest BCUT2D eigenvalue weighted by Crippen LogP contribution is 2.33. The van der Waals surface area contributed by atoms with Crippen molar-refractivity contribution in [2.45, 2.75) is 0 Å². The Morgan fingerprint density at radius 3 is 2.80 bits per heavy atom. The summed E-state index contributed by atoms with van der Waals surface area (Å²) in [5.41, 5.74) is 0.927. The topological polar surface area (TPSA) is 73.3 Å². The average molecular weight is 292 g/mol. The molecule has 3 rings (SSSR count). The first-order valence-electron chi connectivity index (χ1n) is 5.90. The van der Waals surface area contributed by atoms with Gasteiger partial charge in [0.05, 0.1) is 5.56 Å². The molecule has 0 saturated carbocycles. The van der Waals surface area contributed by atoms with Crippen LogP contribution in [-0.4, -0.2) is 29.5 Å². The third-order valence-electron chi connectivity index (χ3n) is 2.76. The van der Waals surface area contributed by atoms with Crippen LogP contribution in [0.1, 0.15) is 10.4 Å². The molecule has 7 heteroatoms. The minimum absolute atomic E-state index is 0.107. The number of nitrogens with one attached hydrogen (secondary N) is 1. The van der Waals surface area contributed by atoms with Gasteiger partial charge in [-0.2, -0.15) is 0 Å². The van der Waals surface area contributed by atoms with Gasteiger partial charge in [0.2, 0.25) is 0 Å². The highest BCUT2D eigenvalue weighted by atomic mass is 35.5. The Bertz CT molecular complexity index is 663. The molecule has 0 saturated heterocycles. The van der Waals surface area contributed by atoms with E-state index in [1.54, 1.807) is 18.2 Å². The molecule has 0 radical (unpaired) electrons. The summed E-state index contributed by atoms with van der Waals surface area (Å²) in [7, 11) is 0. The first-order chi connectivity index (χ1) is 9.78. The molecule has 20 heavy (non-hydrogen) atoms. The Morgan fingerprint density at radius 2 is 2.00 bits per heavy atom. The van der Waals surface area contributed by atoms with Crippen molar-refractivity contribution in [3.63, 3.8) is 0 Å². The number of fused-ring (bicyclic) bond motifs is 1. The number of aromatic nitrogens is 2. The number of ether oxygens (including phenoxy) is 2. The smallest absolute Gasteiger partial charge is 0.163 e. The predicted molar refractivity (Wildman–Crippen MR) is 73.1 cm³/mol. The number of aldehydes is 1. The van der Waals surface area contributed by atoms with E-state index in [0.29, 0.717) is 42.5 Å². The minimum Gasteiger partial charge on any atom is -0.486 e. The number of carbonyl (C=O) groups excluding carboxylic acids is 1. The molecule has 1 aliphatic heterocycles. The van der Waals surface area contributed by atoms with E-state index in [9.17, 15) is 4.79 Å². The zero-order valence-electron chi connectivity index (χ0n) is 10.3. The Balaban J connectivity index is 1.92. The van der Waals surface area contributed by atoms with Crippen molar-refractivity contribution in [3.8, 4) is 11.5 Å². The molecule has 2 aromatic rings. The van der Waals surface area contributed by atoms with Crippen LogP contribution in [-0.2, 0) is 0 Å². The van der Waals surface area contributed by atoms with Crippen LogP contribution in [0.4, 0.5) is 11.5 Å². The number of rotatable bonds is 3. The summed E-state index contributed by atoms with van der Waals surface area (Å²) in [6.45, 7) is 1.05. The third-order valence-corrected chi connectivity index (χ3v) is 3.06. The van der Waals surface area contributed by atoms with Crippen LogP contribution in [0, 0.1) is 0 Å². The van der Waals surface area contributed by atoms with E-state index in [2.05, 4.69) is 15.3 Å². The molecule has 0 atom stereocenters. The summed E-state index contributed by atoms with van der Waals surface area (Å²) in [6.07, 6.45) is 1.90. The van der Waals surface area contributed by atoms with Crippen LogP contribution in [0.2, 0.25) is 5.15 Å². The number of anilines is 2. The summed E-state index contributed by atoms with van der Waals surface area (Å²) >= 11 is 5.84. The maximum Gasteiger partial charge on any atom is 0.163 e. The van der Waals surface area contributed by atoms with Gasteiger partial charge in [-0.25, -0.2) is 9.97 Å². The Labute approximate surface area is 119 Å². The van der Waals surface area contributed by atoms with E-state index in [1.165, 1.54) is 6.33 Å². The van der Waals surface area contributed by atoms with Crippen LogP contribution in [0.5, 0.6) is 11.5 Å². The molecular formula is C13H10ClN3O3. The molecule has 1 N–H and O–H groups in total. The summed E-state index contributed by atoms with van der Waals surface area (Å²) < 4.78 is 10.9. The fourth-order valence-corrected chi connectivity index (χ4v) is 2.01. The maximum absolute atomic E-state index is 11.0. The zero-order chi connectivity index (χ0) is 13.9. The van der Waals surface area contributed by atoms with Gasteiger partial charge in [0.25, 0.3) is 0 Å². The van der Waals surface area contributed by atoms with Crippen molar-refractivity contribution >= 4 is 29.4 Å². The quantitative estimate of drug-likeness (QED) is 0.692. The number of carbonyl (C=O) groups is 1. The maximum atomic E-state index is 11.0. The SMILES string of the molecule is O=Cc1c(Cl)ncnc1Nc1ccc2c(c1)OCCO2. The first-order valence-corrected chi connectivity index (χ1v) is 6.28. The molecule has 1 aliphatic rings. The van der Waals surface area contributed by atoms with Crippen molar-refractivity contribution in [1.29, 1.82) is 0 Å². The van der Waals surface area contributed by atoms with Gasteiger partial charge in [-0.05, 0) is 12.1 Å². The Kier molecular flexibility index (Phi) is 3.39. The van der Waals surface area contributed by atoms with Crippen molar-refractivity contribution in [3.05, 3.63) is 35.2 Å². The minimum atomic E-state index is 0.107. The molecule has 1 aromatic carbocycles. The Hall–Kier alpha value is -2.34. The summed E-state index contributed by atoms with van der Waals surface area (Å²) in [5.74, 6) is 1.68. The highest BCUT2D eigenvalue weighted by Gasteiger charge is 2.13. The van der Waals surface area contributed by atoms with Crippen LogP contribution in [0.15, 0.2) is 24.5 Å². The van der Waals surface area contributed by atoms with Crippen LogP contribution < -0.4 is 14.8 Å². The monoisotopic (exact) mass is 291 g/mol. The van der Waals surface area contributed by atoms with Gasteiger partial charge >= 0.3 is 0 Å². The van der Waals surface area contributed by atoms with E-state index in [1.807, 2.05) is 0 Å². The van der Waals surface area contributed by atoms with Crippen molar-refractivity contribution in [1.82, 2.24) is 9.97 Å². The molecule has 0 bridgehead atoms. The second-order valence-corrected chi connectivity index (χ2v) is 4.39. The van der Waals surface area contributed by atoms with Crippen LogP contribution in [0.25, 0.3) is 0 Å². The number of halogens is 1. The fourth-order valence-electron chi connectivity index (χ4n) is 1.84. The zero-order valence-corrected chi connectivity index (χ0v) is 11.1. The highest BCUT2D eigenvalue weighted by molar-refractivity contribution is 6.32. The van der Waals surface area contributed by atoms with Gasteiger partial charge < -0.3 is 14.8 Å². The molecular weight excluding hydrogens is 282 g/mol. The van der Waals surface area contributed by atoms with Crippen molar-refractivity contribution < 1.29 is 14.3 Å². The summed E-state index contributed by atoms with van der Waals surface area (Å²) in [4.78, 5) is 18.8. The van der Waals surface area contributed by atoms with Crippen LogP contribution in [0.3, 0.4) is 0 Å². The largest absolute Gasteiger partial charge is 0.486 e. The number of hydrogen-bond acceptors (Lipinski definition) is 6. The molecule has 0 spiro atoms. The van der Waals surface area contributed by atoms with Gasteiger partial charge in [-0.15, -0.1) is 0 Å². The average Bonchev–Trinajstić information content (AvgIpc) is 2.47. The lowest BCUT2D eigenvalue weighted by atomic mass is 10.2. The first kappa shape index (κ1) is 12.7. The van der Waals surface area contributed by atoms with Gasteiger partial charge in [0.1, 0.15) is 30.5 Å². The molecule has 0 aliphatic carbocycles. The lowest BCUT2D eigenvalue weighted by molar-refractivity contribution is 0.112. The van der Waals surface area contributed by atoms with E-state index in [4.69, 9.17) is 21.1 Å². The van der Waals surface area contributed by atoms with Gasteiger partial charge in [0, 0.05) is 11.8 Å². The number of hydrogen-bond donors (Lipinski definition) is 1. The second-order valence-electron chi connectivity index (χ2n) is 4.03. The standard InChI is InChI=1S/C13H10ClN3O3/c14-12-9(6-18)13(16-7-15-12)17-8-1-2-10-11(5-8)20-4-3-19-10/h1-2,5-7H,3-4H2,(H,15,16,17). The Morgan fingerprint density at radius 1 is 1.20 bits per heavy atom. The molecule has 2 heterocycles. The predicted octanol–water partition coefficient (Wildman–Crippen LogP) is 2.46. The molecule has 1 aromatic heterocycles. The van der Waals surface area contributed by atoms with Gasteiger partial charge in [-0.1, -0.05) is 11.6 Å². The molecule has 0 amide bonds. The molecule has 0 unspecified atom stereocenters. The van der Waals surface area contributed by atoms with Crippen LogP contribution >= 0.6 is 11.6 Å². The van der Waals surface area contributed by atoms with E-state index < -0.39 is 0 Å². The normalized spacial score (nSPS) is 12.8. The van der Waals surface area contributed by atoms with Crippen molar-refractivity contribution in [2.24, 2.45) is 0 Å². The van der Waals surface area contributed by atoms with Gasteiger partial charge in [0.15, 0.2) is 17.8 Å². The van der Waals surface area contributed by atoms with Gasteiger partial charge in [-0.3, -0.25) is 4.79 Å². The van der Waals surface area contributed by atoms with Crippen molar-refractivity contribution in [2.75, 3.05) is 18.5 Å². The van der Waals surface area contributed by atoms with E-state index >= 15 is 0 Å². The lowest BCUT2D eigenvalue weighted by Gasteiger charge is -2.19. The second kappa shape index (κ2) is 5.34. The molecule has 6 nitrogen and oxygen atoms in total. The fraction of sp³-hybridized carbons (Fsp3) is 0.154. The van der Waals surface area contributed by atoms with E-state index in [0.717, 1.165) is 0 Å². The molecule has 102 valence electrons. The van der Waals surface area contributed by atoms with E-state index in [-0.39, 0.29) is 10.7 Å². The molecule has 0 fully saturated rings. The number of benzene rings is 1.